The maximum absolute atomic E-state index is 14.1. The second-order valence-corrected chi connectivity index (χ2v) is 5.71. The van der Waals surface area contributed by atoms with Crippen molar-refractivity contribution in [1.29, 1.82) is 0 Å². The lowest BCUT2D eigenvalue weighted by atomic mass is 10.2. The van der Waals surface area contributed by atoms with Gasteiger partial charge in [-0.05, 0) is 52.3 Å². The van der Waals surface area contributed by atoms with Crippen LogP contribution in [0.4, 0.5) is 4.39 Å². The first kappa shape index (κ1) is 16.2. The predicted molar refractivity (Wildman–Crippen MR) is 92.0 cm³/mol. The topological polar surface area (TPSA) is 35.5 Å². The molecule has 3 aromatic rings. The molecule has 3 rings (SSSR count). The molecule has 0 heterocycles. The summed E-state index contributed by atoms with van der Waals surface area (Å²) in [7, 11) is 0. The van der Waals surface area contributed by atoms with Gasteiger partial charge in [-0.1, -0.05) is 36.4 Å². The zero-order valence-corrected chi connectivity index (χ0v) is 14.0. The van der Waals surface area contributed by atoms with Crippen LogP contribution in [0.25, 0.3) is 0 Å². The Morgan fingerprint density at radius 1 is 0.792 bits per heavy atom. The Labute approximate surface area is 146 Å². The van der Waals surface area contributed by atoms with Crippen LogP contribution in [0.5, 0.6) is 17.2 Å². The molecule has 0 aliphatic rings. The third kappa shape index (κ3) is 3.63. The van der Waals surface area contributed by atoms with Crippen LogP contribution in [0.2, 0.25) is 0 Å². The summed E-state index contributed by atoms with van der Waals surface area (Å²) >= 11 is 3.11. The highest BCUT2D eigenvalue weighted by molar-refractivity contribution is 9.10. The average molecular weight is 387 g/mol. The van der Waals surface area contributed by atoms with Crippen molar-refractivity contribution in [3.63, 3.8) is 0 Å². The molecule has 0 unspecified atom stereocenters. The molecular weight excluding hydrogens is 375 g/mol. The Hall–Kier alpha value is -2.66. The molecule has 0 aromatic heterocycles. The van der Waals surface area contributed by atoms with Gasteiger partial charge in [-0.25, -0.2) is 9.18 Å². The summed E-state index contributed by atoms with van der Waals surface area (Å²) in [5.74, 6) is -0.542. The summed E-state index contributed by atoms with van der Waals surface area (Å²) in [6, 6.07) is 19.9. The Kier molecular flexibility index (Phi) is 4.91. The first-order chi connectivity index (χ1) is 11.6. The Bertz CT molecular complexity index is 865. The van der Waals surface area contributed by atoms with Crippen LogP contribution < -0.4 is 9.47 Å². The monoisotopic (exact) mass is 386 g/mol. The normalized spacial score (nSPS) is 10.2. The molecular formula is C19H12BrFO3. The molecule has 0 atom stereocenters. The van der Waals surface area contributed by atoms with Gasteiger partial charge in [-0.2, -0.15) is 0 Å². The number of esters is 1. The van der Waals surface area contributed by atoms with E-state index in [1.807, 2.05) is 6.07 Å². The fourth-order valence-electron chi connectivity index (χ4n) is 2.03. The van der Waals surface area contributed by atoms with Gasteiger partial charge < -0.3 is 9.47 Å². The van der Waals surface area contributed by atoms with Crippen molar-refractivity contribution < 1.29 is 18.7 Å². The highest BCUT2D eigenvalue weighted by Gasteiger charge is 2.14. The van der Waals surface area contributed by atoms with Crippen LogP contribution in [-0.2, 0) is 0 Å². The highest BCUT2D eigenvalue weighted by atomic mass is 79.9. The average Bonchev–Trinajstić information content (AvgIpc) is 2.61. The molecule has 3 aromatic carbocycles. The second kappa shape index (κ2) is 7.27. The van der Waals surface area contributed by atoms with Crippen LogP contribution in [0.15, 0.2) is 77.3 Å². The fraction of sp³-hybridized carbons (Fsp3) is 0. The number of para-hydroxylation sites is 2. The van der Waals surface area contributed by atoms with E-state index in [1.54, 1.807) is 60.7 Å². The van der Waals surface area contributed by atoms with Crippen molar-refractivity contribution >= 4 is 21.9 Å². The second-order valence-electron chi connectivity index (χ2n) is 4.86. The molecule has 0 aliphatic heterocycles. The van der Waals surface area contributed by atoms with E-state index < -0.39 is 11.8 Å². The number of ether oxygens (including phenoxy) is 2. The van der Waals surface area contributed by atoms with E-state index in [9.17, 15) is 9.18 Å². The van der Waals surface area contributed by atoms with Gasteiger partial charge in [0.2, 0.25) is 0 Å². The quantitative estimate of drug-likeness (QED) is 0.432. The van der Waals surface area contributed by atoms with E-state index in [1.165, 1.54) is 6.07 Å². The lowest BCUT2D eigenvalue weighted by Gasteiger charge is -2.12. The van der Waals surface area contributed by atoms with Crippen LogP contribution in [0, 0.1) is 5.82 Å². The molecule has 0 saturated heterocycles. The van der Waals surface area contributed by atoms with Crippen molar-refractivity contribution in [3.8, 4) is 17.2 Å². The van der Waals surface area contributed by atoms with E-state index in [0.717, 1.165) is 0 Å². The minimum Gasteiger partial charge on any atom is -0.450 e. The molecule has 0 aliphatic carbocycles. The number of rotatable bonds is 4. The summed E-state index contributed by atoms with van der Waals surface area (Å²) in [5.41, 5.74) is 0.418. The predicted octanol–water partition coefficient (Wildman–Crippen LogP) is 5.60. The Balaban J connectivity index is 1.86. The molecule has 0 bridgehead atoms. The van der Waals surface area contributed by atoms with E-state index in [2.05, 4.69) is 15.9 Å². The number of hydrogen-bond donors (Lipinski definition) is 0. The maximum Gasteiger partial charge on any atom is 0.343 e. The molecule has 24 heavy (non-hydrogen) atoms. The Morgan fingerprint density at radius 3 is 2.17 bits per heavy atom. The molecule has 0 N–H and O–H groups in total. The Morgan fingerprint density at radius 2 is 1.42 bits per heavy atom. The largest absolute Gasteiger partial charge is 0.450 e. The third-order valence-electron chi connectivity index (χ3n) is 3.20. The van der Waals surface area contributed by atoms with E-state index >= 15 is 0 Å². The van der Waals surface area contributed by atoms with Crippen molar-refractivity contribution in [1.82, 2.24) is 0 Å². The highest BCUT2D eigenvalue weighted by Crippen LogP contribution is 2.34. The lowest BCUT2D eigenvalue weighted by molar-refractivity contribution is 0.0730. The van der Waals surface area contributed by atoms with Gasteiger partial charge in [0.15, 0.2) is 23.1 Å². The molecule has 0 amide bonds. The number of halogens is 2. The zero-order chi connectivity index (χ0) is 16.9. The van der Waals surface area contributed by atoms with Gasteiger partial charge in [0, 0.05) is 0 Å². The van der Waals surface area contributed by atoms with Gasteiger partial charge in [0.1, 0.15) is 0 Å². The zero-order valence-electron chi connectivity index (χ0n) is 12.4. The molecule has 0 radical (unpaired) electrons. The number of benzene rings is 3. The first-order valence-electron chi connectivity index (χ1n) is 7.13. The third-order valence-corrected chi connectivity index (χ3v) is 3.81. The standard InChI is InChI=1S/C19H12BrFO3/c20-14-9-6-12-17(18(14)21)23-15-10-4-5-11-16(15)24-19(22)13-7-2-1-3-8-13/h1-12H. The molecule has 120 valence electrons. The van der Waals surface area contributed by atoms with Crippen molar-refractivity contribution in [2.24, 2.45) is 0 Å². The van der Waals surface area contributed by atoms with Gasteiger partial charge in [0.05, 0.1) is 10.0 Å². The van der Waals surface area contributed by atoms with Crippen LogP contribution >= 0.6 is 15.9 Å². The van der Waals surface area contributed by atoms with E-state index in [0.29, 0.717) is 10.0 Å². The summed E-state index contributed by atoms with van der Waals surface area (Å²) in [4.78, 5) is 12.2. The summed E-state index contributed by atoms with van der Waals surface area (Å²) in [5, 5.41) is 0. The minimum atomic E-state index is -0.526. The molecule has 3 nitrogen and oxygen atoms in total. The molecule has 0 saturated carbocycles. The van der Waals surface area contributed by atoms with E-state index in [4.69, 9.17) is 9.47 Å². The number of carbonyl (C=O) groups is 1. The maximum atomic E-state index is 14.1. The molecule has 0 fully saturated rings. The lowest BCUT2D eigenvalue weighted by Crippen LogP contribution is -2.08. The van der Waals surface area contributed by atoms with Crippen molar-refractivity contribution in [2.45, 2.75) is 0 Å². The van der Waals surface area contributed by atoms with Crippen molar-refractivity contribution in [3.05, 3.63) is 88.6 Å². The smallest absolute Gasteiger partial charge is 0.343 e. The van der Waals surface area contributed by atoms with Crippen LogP contribution in [-0.4, -0.2) is 5.97 Å². The molecule has 0 spiro atoms. The minimum absolute atomic E-state index is 0.0348. The van der Waals surface area contributed by atoms with Crippen molar-refractivity contribution in [2.75, 3.05) is 0 Å². The SMILES string of the molecule is O=C(Oc1ccccc1Oc1cccc(Br)c1F)c1ccccc1. The van der Waals surface area contributed by atoms with Gasteiger partial charge >= 0.3 is 5.97 Å². The first-order valence-corrected chi connectivity index (χ1v) is 7.92. The number of carbonyl (C=O) groups excluding carboxylic acids is 1. The van der Waals surface area contributed by atoms with Gasteiger partial charge in [-0.3, -0.25) is 0 Å². The van der Waals surface area contributed by atoms with Gasteiger partial charge in [0.25, 0.3) is 0 Å². The number of hydrogen-bond acceptors (Lipinski definition) is 3. The van der Waals surface area contributed by atoms with Crippen LogP contribution in [0.1, 0.15) is 10.4 Å². The summed E-state index contributed by atoms with van der Waals surface area (Å²) in [6.07, 6.45) is 0. The van der Waals surface area contributed by atoms with Crippen LogP contribution in [0.3, 0.4) is 0 Å². The fourth-order valence-corrected chi connectivity index (χ4v) is 2.38. The summed E-state index contributed by atoms with van der Waals surface area (Å²) < 4.78 is 25.3. The summed E-state index contributed by atoms with van der Waals surface area (Å²) in [6.45, 7) is 0. The van der Waals surface area contributed by atoms with E-state index in [-0.39, 0.29) is 17.2 Å². The molecule has 5 heteroatoms. The van der Waals surface area contributed by atoms with Gasteiger partial charge in [-0.15, -0.1) is 0 Å².